The summed E-state index contributed by atoms with van der Waals surface area (Å²) in [5.41, 5.74) is 1.27. The number of amides is 2. The highest BCUT2D eigenvalue weighted by Crippen LogP contribution is 2.22. The van der Waals surface area contributed by atoms with Crippen molar-refractivity contribution >= 4 is 40.2 Å². The van der Waals surface area contributed by atoms with Gasteiger partial charge in [0.05, 0.1) is 28.9 Å². The predicted molar refractivity (Wildman–Crippen MR) is 147 cm³/mol. The molecule has 0 bridgehead atoms. The summed E-state index contributed by atoms with van der Waals surface area (Å²) in [5.74, 6) is -2.30. The molecule has 1 saturated carbocycles. The van der Waals surface area contributed by atoms with Crippen molar-refractivity contribution in [3.63, 3.8) is 0 Å². The number of anilines is 1. The Morgan fingerprint density at radius 1 is 1.00 bits per heavy atom. The minimum atomic E-state index is -0.754. The van der Waals surface area contributed by atoms with Crippen molar-refractivity contribution in [2.45, 2.75) is 43.4 Å². The van der Waals surface area contributed by atoms with Gasteiger partial charge in [-0.25, -0.2) is 13.8 Å². The van der Waals surface area contributed by atoms with Crippen LogP contribution in [0, 0.1) is 11.6 Å². The number of rotatable bonds is 8. The van der Waals surface area contributed by atoms with E-state index in [0.717, 1.165) is 61.2 Å². The third kappa shape index (κ3) is 6.34. The fraction of sp³-hybridized carbons (Fsp3) is 0.241. The second kappa shape index (κ2) is 11.8. The van der Waals surface area contributed by atoms with Crippen molar-refractivity contribution in [1.29, 1.82) is 0 Å². The van der Waals surface area contributed by atoms with Crippen LogP contribution in [0.2, 0.25) is 0 Å². The number of nitrogens with one attached hydrogen (secondary N) is 2. The van der Waals surface area contributed by atoms with Crippen LogP contribution in [0.1, 0.15) is 41.6 Å². The Hall–Kier alpha value is -4.05. The SMILES string of the molecule is O=C(CSc1nc2ccccc2c(=O)n1Cc1ccc(C(=O)NC2CCCC2)cc1)Nc1cc(F)ccc1F. The molecule has 0 spiro atoms. The average molecular weight is 549 g/mol. The standard InChI is InChI=1S/C29H26F2N4O3S/c30-20-13-14-23(31)25(15-20)33-26(36)17-39-29-34-24-8-4-3-7-22(24)28(38)35(29)16-18-9-11-19(12-10-18)27(37)32-21-5-1-2-6-21/h3-4,7-15,21H,1-2,5-6,16-17H2,(H,32,37)(H,33,36). The highest BCUT2D eigenvalue weighted by atomic mass is 32.2. The largest absolute Gasteiger partial charge is 0.349 e. The van der Waals surface area contributed by atoms with Crippen LogP contribution >= 0.6 is 11.8 Å². The summed E-state index contributed by atoms with van der Waals surface area (Å²) < 4.78 is 28.9. The van der Waals surface area contributed by atoms with Crippen LogP contribution < -0.4 is 16.2 Å². The number of hydrogen-bond donors (Lipinski definition) is 2. The van der Waals surface area contributed by atoms with Crippen molar-refractivity contribution in [3.8, 4) is 0 Å². The molecule has 0 saturated heterocycles. The molecule has 39 heavy (non-hydrogen) atoms. The average Bonchev–Trinajstić information content (AvgIpc) is 3.45. The molecular formula is C29H26F2N4O3S. The van der Waals surface area contributed by atoms with E-state index >= 15 is 0 Å². The van der Waals surface area contributed by atoms with Gasteiger partial charge in [0.1, 0.15) is 11.6 Å². The van der Waals surface area contributed by atoms with E-state index in [2.05, 4.69) is 15.6 Å². The van der Waals surface area contributed by atoms with Crippen LogP contribution in [-0.2, 0) is 11.3 Å². The van der Waals surface area contributed by atoms with Gasteiger partial charge < -0.3 is 10.6 Å². The first-order chi connectivity index (χ1) is 18.9. The summed E-state index contributed by atoms with van der Waals surface area (Å²) in [6, 6.07) is 17.0. The number of halogens is 2. The first-order valence-corrected chi connectivity index (χ1v) is 13.6. The van der Waals surface area contributed by atoms with Gasteiger partial charge in [0, 0.05) is 17.7 Å². The second-order valence-corrected chi connectivity index (χ2v) is 10.4. The normalized spacial score (nSPS) is 13.5. The van der Waals surface area contributed by atoms with E-state index in [-0.39, 0.29) is 35.5 Å². The van der Waals surface area contributed by atoms with Crippen LogP contribution in [0.4, 0.5) is 14.5 Å². The third-order valence-corrected chi connectivity index (χ3v) is 7.59. The lowest BCUT2D eigenvalue weighted by Gasteiger charge is -2.14. The molecule has 0 unspecified atom stereocenters. The zero-order chi connectivity index (χ0) is 27.4. The first kappa shape index (κ1) is 26.6. The molecule has 200 valence electrons. The summed E-state index contributed by atoms with van der Waals surface area (Å²) in [7, 11) is 0. The van der Waals surface area contributed by atoms with Gasteiger partial charge >= 0.3 is 0 Å². The second-order valence-electron chi connectivity index (χ2n) is 9.42. The predicted octanol–water partition coefficient (Wildman–Crippen LogP) is 5.13. The van der Waals surface area contributed by atoms with Gasteiger partial charge in [-0.15, -0.1) is 0 Å². The molecule has 1 aliphatic rings. The number of aromatic nitrogens is 2. The lowest BCUT2D eigenvalue weighted by Crippen LogP contribution is -2.32. The van der Waals surface area contributed by atoms with Crippen LogP contribution in [0.15, 0.2) is 76.7 Å². The topological polar surface area (TPSA) is 93.1 Å². The maximum atomic E-state index is 13.9. The van der Waals surface area contributed by atoms with Crippen molar-refractivity contribution in [3.05, 3.63) is 99.8 Å². The van der Waals surface area contributed by atoms with Crippen LogP contribution in [-0.4, -0.2) is 33.2 Å². The van der Waals surface area contributed by atoms with E-state index in [4.69, 9.17) is 0 Å². The Labute approximate surface area is 227 Å². The van der Waals surface area contributed by atoms with Gasteiger partial charge in [-0.1, -0.05) is 48.9 Å². The molecule has 2 amide bonds. The molecule has 1 heterocycles. The molecule has 1 aliphatic carbocycles. The fourth-order valence-corrected chi connectivity index (χ4v) is 5.39. The maximum Gasteiger partial charge on any atom is 0.262 e. The summed E-state index contributed by atoms with van der Waals surface area (Å²) in [6.45, 7) is 0.170. The zero-order valence-electron chi connectivity index (χ0n) is 21.0. The number of carbonyl (C=O) groups excluding carboxylic acids is 2. The summed E-state index contributed by atoms with van der Waals surface area (Å²) in [4.78, 5) is 43.1. The Morgan fingerprint density at radius 3 is 2.51 bits per heavy atom. The molecule has 2 N–H and O–H groups in total. The molecular weight excluding hydrogens is 522 g/mol. The van der Waals surface area contributed by atoms with E-state index in [0.29, 0.717) is 21.6 Å². The summed E-state index contributed by atoms with van der Waals surface area (Å²) in [6.07, 6.45) is 4.25. The van der Waals surface area contributed by atoms with Gasteiger partial charge in [-0.3, -0.25) is 19.0 Å². The van der Waals surface area contributed by atoms with Crippen molar-refractivity contribution in [1.82, 2.24) is 14.9 Å². The molecule has 4 aromatic rings. The van der Waals surface area contributed by atoms with Crippen LogP contribution in [0.5, 0.6) is 0 Å². The van der Waals surface area contributed by atoms with E-state index in [1.807, 2.05) is 0 Å². The molecule has 7 nitrogen and oxygen atoms in total. The van der Waals surface area contributed by atoms with E-state index < -0.39 is 17.5 Å². The quantitative estimate of drug-likeness (QED) is 0.235. The molecule has 5 rings (SSSR count). The minimum absolute atomic E-state index is 0.116. The lowest BCUT2D eigenvalue weighted by molar-refractivity contribution is -0.113. The lowest BCUT2D eigenvalue weighted by atomic mass is 10.1. The van der Waals surface area contributed by atoms with Crippen molar-refractivity contribution in [2.75, 3.05) is 11.1 Å². The molecule has 1 aromatic heterocycles. The number of hydrogen-bond acceptors (Lipinski definition) is 5. The van der Waals surface area contributed by atoms with Crippen LogP contribution in [0.25, 0.3) is 10.9 Å². The van der Waals surface area contributed by atoms with Gasteiger partial charge in [0.15, 0.2) is 5.16 Å². The zero-order valence-corrected chi connectivity index (χ0v) is 21.8. The molecule has 1 fully saturated rings. The molecule has 0 atom stereocenters. The van der Waals surface area contributed by atoms with Crippen molar-refractivity contribution in [2.24, 2.45) is 0 Å². The summed E-state index contributed by atoms with van der Waals surface area (Å²) >= 11 is 1.02. The Kier molecular flexibility index (Phi) is 8.02. The Bertz CT molecular complexity index is 1580. The van der Waals surface area contributed by atoms with E-state index in [1.165, 1.54) is 4.57 Å². The first-order valence-electron chi connectivity index (χ1n) is 12.6. The number of thioether (sulfide) groups is 1. The van der Waals surface area contributed by atoms with Gasteiger partial charge in [-0.05, 0) is 54.8 Å². The van der Waals surface area contributed by atoms with Gasteiger partial charge in [-0.2, -0.15) is 0 Å². The maximum absolute atomic E-state index is 13.9. The Balaban J connectivity index is 1.35. The monoisotopic (exact) mass is 548 g/mol. The molecule has 3 aromatic carbocycles. The number of fused-ring (bicyclic) bond motifs is 1. The highest BCUT2D eigenvalue weighted by molar-refractivity contribution is 7.99. The fourth-order valence-electron chi connectivity index (χ4n) is 4.59. The van der Waals surface area contributed by atoms with E-state index in [9.17, 15) is 23.2 Å². The third-order valence-electron chi connectivity index (χ3n) is 6.61. The molecule has 0 radical (unpaired) electrons. The Morgan fingerprint density at radius 2 is 1.74 bits per heavy atom. The summed E-state index contributed by atoms with van der Waals surface area (Å²) in [5, 5.41) is 6.15. The van der Waals surface area contributed by atoms with Gasteiger partial charge in [0.25, 0.3) is 11.5 Å². The van der Waals surface area contributed by atoms with Crippen LogP contribution in [0.3, 0.4) is 0 Å². The number of benzene rings is 3. The smallest absolute Gasteiger partial charge is 0.262 e. The minimum Gasteiger partial charge on any atom is -0.349 e. The highest BCUT2D eigenvalue weighted by Gasteiger charge is 2.19. The van der Waals surface area contributed by atoms with E-state index in [1.54, 1.807) is 48.5 Å². The molecule has 10 heteroatoms. The number of nitrogens with zero attached hydrogens (tertiary/aromatic N) is 2. The number of carbonyl (C=O) groups is 2. The number of para-hydroxylation sites is 1. The van der Waals surface area contributed by atoms with Crippen molar-refractivity contribution < 1.29 is 18.4 Å². The molecule has 0 aliphatic heterocycles. The van der Waals surface area contributed by atoms with Gasteiger partial charge in [0.2, 0.25) is 5.91 Å².